The normalized spacial score (nSPS) is 20.7. The van der Waals surface area contributed by atoms with Crippen LogP contribution in [0.1, 0.15) is 52.4 Å². The second-order valence-corrected chi connectivity index (χ2v) is 5.51. The molecule has 1 N–H and O–H groups in total. The van der Waals surface area contributed by atoms with E-state index in [9.17, 15) is 13.6 Å². The van der Waals surface area contributed by atoms with Crippen LogP contribution in [0.25, 0.3) is 0 Å². The summed E-state index contributed by atoms with van der Waals surface area (Å²) >= 11 is 5.92. The van der Waals surface area contributed by atoms with Gasteiger partial charge in [0.25, 0.3) is 0 Å². The van der Waals surface area contributed by atoms with Gasteiger partial charge in [-0.1, -0.05) is 13.8 Å². The third-order valence-electron chi connectivity index (χ3n) is 4.09. The number of hydrogen-bond donors (Lipinski definition) is 1. The summed E-state index contributed by atoms with van der Waals surface area (Å²) in [4.78, 5) is 12.1. The zero-order valence-corrected chi connectivity index (χ0v) is 11.8. The lowest BCUT2D eigenvalue weighted by molar-refractivity contribution is -0.131. The van der Waals surface area contributed by atoms with Crippen LogP contribution in [0.2, 0.25) is 0 Å². The van der Waals surface area contributed by atoms with Crippen LogP contribution in [0.15, 0.2) is 0 Å². The molecule has 1 rings (SSSR count). The summed E-state index contributed by atoms with van der Waals surface area (Å²) in [5.41, 5.74) is -0.390. The molecule has 1 saturated carbocycles. The molecule has 1 aliphatic carbocycles. The molecule has 0 bridgehead atoms. The molecule has 0 aromatic rings. The second-order valence-electron chi connectivity index (χ2n) is 5.24. The number of rotatable bonds is 5. The number of halogens is 3. The SMILES string of the molecule is CCC(CC)(CCl)NC(=O)C1CCC(F)(F)CC1. The number of carbonyl (C=O) groups excluding carboxylic acids is 1. The summed E-state index contributed by atoms with van der Waals surface area (Å²) in [5.74, 6) is -2.63. The molecule has 0 heterocycles. The van der Waals surface area contributed by atoms with Crippen molar-refractivity contribution in [3.8, 4) is 0 Å². The first-order chi connectivity index (χ1) is 8.38. The maximum atomic E-state index is 13.0. The Labute approximate surface area is 112 Å². The first kappa shape index (κ1) is 15.7. The fourth-order valence-electron chi connectivity index (χ4n) is 2.31. The minimum absolute atomic E-state index is 0.116. The van der Waals surface area contributed by atoms with Gasteiger partial charge in [-0.25, -0.2) is 8.78 Å². The van der Waals surface area contributed by atoms with Crippen molar-refractivity contribution in [2.75, 3.05) is 5.88 Å². The topological polar surface area (TPSA) is 29.1 Å². The summed E-state index contributed by atoms with van der Waals surface area (Å²) < 4.78 is 26.0. The van der Waals surface area contributed by atoms with Crippen molar-refractivity contribution in [2.24, 2.45) is 5.92 Å². The first-order valence-corrected chi connectivity index (χ1v) is 7.17. The summed E-state index contributed by atoms with van der Waals surface area (Å²) in [6.07, 6.45) is 1.67. The Bertz CT molecular complexity index is 274. The highest BCUT2D eigenvalue weighted by Crippen LogP contribution is 2.36. The van der Waals surface area contributed by atoms with Gasteiger partial charge in [0.05, 0.1) is 5.54 Å². The average Bonchev–Trinajstić information content (AvgIpc) is 2.36. The molecule has 0 aromatic heterocycles. The Morgan fingerprint density at radius 2 is 1.83 bits per heavy atom. The minimum Gasteiger partial charge on any atom is -0.349 e. The van der Waals surface area contributed by atoms with Crippen LogP contribution in [-0.4, -0.2) is 23.2 Å². The van der Waals surface area contributed by atoms with Crippen molar-refractivity contribution < 1.29 is 13.6 Å². The maximum Gasteiger partial charge on any atom is 0.248 e. The third-order valence-corrected chi connectivity index (χ3v) is 4.60. The lowest BCUT2D eigenvalue weighted by Gasteiger charge is -2.34. The van der Waals surface area contributed by atoms with Gasteiger partial charge >= 0.3 is 0 Å². The molecule has 1 amide bonds. The minimum atomic E-state index is -2.59. The predicted octanol–water partition coefficient (Wildman–Crippen LogP) is 3.73. The highest BCUT2D eigenvalue weighted by Gasteiger charge is 2.39. The fraction of sp³-hybridized carbons (Fsp3) is 0.923. The van der Waals surface area contributed by atoms with Crippen LogP contribution in [0, 0.1) is 5.92 Å². The lowest BCUT2D eigenvalue weighted by atomic mass is 9.85. The van der Waals surface area contributed by atoms with Gasteiger partial charge in [0.15, 0.2) is 0 Å². The van der Waals surface area contributed by atoms with Gasteiger partial charge in [-0.2, -0.15) is 0 Å². The molecule has 0 aromatic carbocycles. The van der Waals surface area contributed by atoms with E-state index in [2.05, 4.69) is 5.32 Å². The average molecular weight is 282 g/mol. The Hall–Kier alpha value is -0.380. The number of nitrogens with one attached hydrogen (secondary N) is 1. The van der Waals surface area contributed by atoms with Crippen molar-refractivity contribution in [1.29, 1.82) is 0 Å². The highest BCUT2D eigenvalue weighted by atomic mass is 35.5. The molecule has 0 saturated heterocycles. The van der Waals surface area contributed by atoms with Gasteiger partial charge in [0, 0.05) is 24.6 Å². The fourth-order valence-corrected chi connectivity index (χ4v) is 2.76. The van der Waals surface area contributed by atoms with Crippen LogP contribution >= 0.6 is 11.6 Å². The largest absolute Gasteiger partial charge is 0.349 e. The van der Waals surface area contributed by atoms with E-state index in [0.717, 1.165) is 12.8 Å². The Morgan fingerprint density at radius 3 is 2.22 bits per heavy atom. The zero-order valence-electron chi connectivity index (χ0n) is 11.1. The van der Waals surface area contributed by atoms with E-state index in [0.29, 0.717) is 5.88 Å². The predicted molar refractivity (Wildman–Crippen MR) is 69.1 cm³/mol. The molecule has 0 spiro atoms. The van der Waals surface area contributed by atoms with E-state index in [-0.39, 0.29) is 37.5 Å². The van der Waals surface area contributed by atoms with Gasteiger partial charge in [-0.15, -0.1) is 11.6 Å². The molecule has 0 atom stereocenters. The molecule has 0 aliphatic heterocycles. The molecular formula is C13H22ClF2NO. The van der Waals surface area contributed by atoms with Gasteiger partial charge in [0.1, 0.15) is 0 Å². The van der Waals surface area contributed by atoms with Crippen molar-refractivity contribution in [3.05, 3.63) is 0 Å². The van der Waals surface area contributed by atoms with Crippen molar-refractivity contribution in [3.63, 3.8) is 0 Å². The standard InChI is InChI=1S/C13H22ClF2NO/c1-3-12(4-2,9-14)17-11(18)10-5-7-13(15,16)8-6-10/h10H,3-9H2,1-2H3,(H,17,18). The van der Waals surface area contributed by atoms with E-state index in [1.165, 1.54) is 0 Å². The maximum absolute atomic E-state index is 13.0. The smallest absolute Gasteiger partial charge is 0.248 e. The third kappa shape index (κ3) is 3.81. The second kappa shape index (κ2) is 6.18. The molecule has 0 radical (unpaired) electrons. The van der Waals surface area contributed by atoms with E-state index in [4.69, 9.17) is 11.6 Å². The van der Waals surface area contributed by atoms with Gasteiger partial charge in [-0.3, -0.25) is 4.79 Å². The Kier molecular flexibility index (Phi) is 5.38. The van der Waals surface area contributed by atoms with E-state index in [1.807, 2.05) is 13.8 Å². The highest BCUT2D eigenvalue weighted by molar-refractivity contribution is 6.18. The number of hydrogen-bond acceptors (Lipinski definition) is 1. The Morgan fingerprint density at radius 1 is 1.33 bits per heavy atom. The quantitative estimate of drug-likeness (QED) is 0.765. The molecule has 0 unspecified atom stereocenters. The van der Waals surface area contributed by atoms with Crippen LogP contribution < -0.4 is 5.32 Å². The molecular weight excluding hydrogens is 260 g/mol. The van der Waals surface area contributed by atoms with E-state index >= 15 is 0 Å². The number of carbonyl (C=O) groups is 1. The molecule has 2 nitrogen and oxygen atoms in total. The van der Waals surface area contributed by atoms with E-state index < -0.39 is 11.5 Å². The van der Waals surface area contributed by atoms with Crippen LogP contribution in [0.4, 0.5) is 8.78 Å². The number of alkyl halides is 3. The zero-order chi connectivity index (χ0) is 13.8. The molecule has 106 valence electrons. The van der Waals surface area contributed by atoms with Crippen LogP contribution in [0.3, 0.4) is 0 Å². The lowest BCUT2D eigenvalue weighted by Crippen LogP contribution is -2.51. The molecule has 1 fully saturated rings. The van der Waals surface area contributed by atoms with E-state index in [1.54, 1.807) is 0 Å². The van der Waals surface area contributed by atoms with Crippen molar-refractivity contribution in [2.45, 2.75) is 63.8 Å². The van der Waals surface area contributed by atoms with Crippen molar-refractivity contribution >= 4 is 17.5 Å². The summed E-state index contributed by atoms with van der Waals surface area (Å²) in [6, 6.07) is 0. The summed E-state index contributed by atoms with van der Waals surface area (Å²) in [7, 11) is 0. The van der Waals surface area contributed by atoms with Crippen LogP contribution in [0.5, 0.6) is 0 Å². The van der Waals surface area contributed by atoms with Gasteiger partial charge < -0.3 is 5.32 Å². The number of amides is 1. The monoisotopic (exact) mass is 281 g/mol. The summed E-state index contributed by atoms with van der Waals surface area (Å²) in [5, 5.41) is 2.96. The Balaban J connectivity index is 2.56. The summed E-state index contributed by atoms with van der Waals surface area (Å²) in [6.45, 7) is 3.95. The van der Waals surface area contributed by atoms with Crippen LogP contribution in [-0.2, 0) is 4.79 Å². The van der Waals surface area contributed by atoms with Gasteiger partial charge in [-0.05, 0) is 25.7 Å². The molecule has 5 heteroatoms. The molecule has 18 heavy (non-hydrogen) atoms. The molecule has 1 aliphatic rings. The van der Waals surface area contributed by atoms with Crippen molar-refractivity contribution in [1.82, 2.24) is 5.32 Å². The first-order valence-electron chi connectivity index (χ1n) is 6.64. The van der Waals surface area contributed by atoms with Gasteiger partial charge in [0.2, 0.25) is 11.8 Å².